The Labute approximate surface area is 189 Å². The molecule has 1 fully saturated rings. The molecular formula is C22H19F6N3O3. The molecule has 1 unspecified atom stereocenters. The molecular weight excluding hydrogens is 468 g/mol. The van der Waals surface area contributed by atoms with Crippen molar-refractivity contribution in [3.8, 4) is 5.75 Å². The number of halogens is 6. The molecule has 0 bridgehead atoms. The third kappa shape index (κ3) is 5.27. The molecule has 1 saturated heterocycles. The fourth-order valence-corrected chi connectivity index (χ4v) is 3.86. The van der Waals surface area contributed by atoms with Gasteiger partial charge in [-0.3, -0.25) is 4.79 Å². The summed E-state index contributed by atoms with van der Waals surface area (Å²) >= 11 is 0. The van der Waals surface area contributed by atoms with Crippen LogP contribution in [0.5, 0.6) is 5.75 Å². The van der Waals surface area contributed by atoms with Gasteiger partial charge in [0.25, 0.3) is 5.91 Å². The van der Waals surface area contributed by atoms with Gasteiger partial charge in [0.15, 0.2) is 6.23 Å². The van der Waals surface area contributed by atoms with Crippen molar-refractivity contribution in [2.45, 2.75) is 44.6 Å². The highest BCUT2D eigenvalue weighted by molar-refractivity contribution is 5.94. The number of hydrogen-bond donors (Lipinski definition) is 1. The van der Waals surface area contributed by atoms with Crippen molar-refractivity contribution in [2.24, 2.45) is 0 Å². The van der Waals surface area contributed by atoms with Crippen LogP contribution in [0, 0.1) is 0 Å². The average molecular weight is 487 g/mol. The van der Waals surface area contributed by atoms with Crippen LogP contribution in [0.1, 0.15) is 47.0 Å². The first-order chi connectivity index (χ1) is 16.0. The molecule has 4 rings (SSSR count). The highest BCUT2D eigenvalue weighted by Gasteiger charge is 2.35. The second-order valence-electron chi connectivity index (χ2n) is 7.69. The van der Waals surface area contributed by atoms with E-state index < -0.39 is 36.3 Å². The number of amides is 1. The molecule has 3 aromatic rings. The van der Waals surface area contributed by atoms with Crippen molar-refractivity contribution in [2.75, 3.05) is 6.61 Å². The number of benzene rings is 2. The highest BCUT2D eigenvalue weighted by atomic mass is 19.4. The van der Waals surface area contributed by atoms with Gasteiger partial charge in [0.1, 0.15) is 5.75 Å². The molecule has 2 heterocycles. The zero-order valence-electron chi connectivity index (χ0n) is 17.5. The van der Waals surface area contributed by atoms with Gasteiger partial charge >= 0.3 is 12.5 Å². The average Bonchev–Trinajstić information content (AvgIpc) is 3.21. The maximum absolute atomic E-state index is 13.7. The molecule has 34 heavy (non-hydrogen) atoms. The highest BCUT2D eigenvalue weighted by Crippen LogP contribution is 2.37. The lowest BCUT2D eigenvalue weighted by Gasteiger charge is -2.23. The summed E-state index contributed by atoms with van der Waals surface area (Å²) in [5, 5.41) is 6.86. The van der Waals surface area contributed by atoms with E-state index in [-0.39, 0.29) is 22.7 Å². The van der Waals surface area contributed by atoms with Gasteiger partial charge in [-0.2, -0.15) is 18.3 Å². The number of ether oxygens (including phenoxy) is 2. The molecule has 0 saturated carbocycles. The first kappa shape index (κ1) is 23.9. The Hall–Kier alpha value is -3.28. The van der Waals surface area contributed by atoms with E-state index in [1.807, 2.05) is 0 Å². The van der Waals surface area contributed by atoms with Crippen molar-refractivity contribution in [3.63, 3.8) is 0 Å². The second-order valence-corrected chi connectivity index (χ2v) is 7.69. The lowest BCUT2D eigenvalue weighted by Crippen LogP contribution is -2.25. The Morgan fingerprint density at radius 2 is 1.82 bits per heavy atom. The predicted molar refractivity (Wildman–Crippen MR) is 108 cm³/mol. The molecule has 0 radical (unpaired) electrons. The van der Waals surface area contributed by atoms with Crippen LogP contribution in [0.25, 0.3) is 10.9 Å². The van der Waals surface area contributed by atoms with E-state index in [2.05, 4.69) is 15.2 Å². The van der Waals surface area contributed by atoms with Crippen LogP contribution in [0.15, 0.2) is 42.6 Å². The quantitative estimate of drug-likeness (QED) is 0.477. The topological polar surface area (TPSA) is 65.4 Å². The Bertz CT molecular complexity index is 1170. The Balaban J connectivity index is 1.58. The predicted octanol–water partition coefficient (Wildman–Crippen LogP) is 5.58. The molecule has 1 aromatic heterocycles. The van der Waals surface area contributed by atoms with Gasteiger partial charge < -0.3 is 14.8 Å². The summed E-state index contributed by atoms with van der Waals surface area (Å²) < 4.78 is 88.9. The van der Waals surface area contributed by atoms with Gasteiger partial charge in [0, 0.05) is 24.1 Å². The first-order valence-corrected chi connectivity index (χ1v) is 10.3. The third-order valence-electron chi connectivity index (χ3n) is 5.40. The minimum Gasteiger partial charge on any atom is -0.406 e. The SMILES string of the molecule is O=C(NCc1c(C(F)(F)F)ccc2c1cnn2C1CCCCO1)c1ccc(OC(F)(F)F)cc1. The van der Waals surface area contributed by atoms with Crippen molar-refractivity contribution in [3.05, 3.63) is 59.3 Å². The molecule has 1 aliphatic rings. The number of carbonyl (C=O) groups excluding carboxylic acids is 1. The lowest BCUT2D eigenvalue weighted by molar-refractivity contribution is -0.274. The third-order valence-corrected chi connectivity index (χ3v) is 5.40. The fraction of sp³-hybridized carbons (Fsp3) is 0.364. The van der Waals surface area contributed by atoms with Gasteiger partial charge in [-0.15, -0.1) is 13.2 Å². The van der Waals surface area contributed by atoms with Crippen LogP contribution >= 0.6 is 0 Å². The van der Waals surface area contributed by atoms with Crippen molar-refractivity contribution < 1.29 is 40.6 Å². The van der Waals surface area contributed by atoms with Crippen LogP contribution in [0.4, 0.5) is 26.3 Å². The number of alkyl halides is 6. The molecule has 1 aliphatic heterocycles. The minimum atomic E-state index is -4.89. The fourth-order valence-electron chi connectivity index (χ4n) is 3.86. The Kier molecular flexibility index (Phi) is 6.43. The van der Waals surface area contributed by atoms with Crippen LogP contribution in [-0.4, -0.2) is 28.7 Å². The van der Waals surface area contributed by atoms with Crippen molar-refractivity contribution in [1.29, 1.82) is 0 Å². The Morgan fingerprint density at radius 3 is 2.44 bits per heavy atom. The zero-order valence-corrected chi connectivity index (χ0v) is 17.5. The molecule has 0 spiro atoms. The van der Waals surface area contributed by atoms with E-state index in [1.54, 1.807) is 4.68 Å². The maximum Gasteiger partial charge on any atom is 0.573 e. The van der Waals surface area contributed by atoms with Crippen LogP contribution in [-0.2, 0) is 17.5 Å². The molecule has 1 N–H and O–H groups in total. The monoisotopic (exact) mass is 487 g/mol. The van der Waals surface area contributed by atoms with E-state index in [1.165, 1.54) is 12.3 Å². The van der Waals surface area contributed by atoms with E-state index >= 15 is 0 Å². The first-order valence-electron chi connectivity index (χ1n) is 10.3. The van der Waals surface area contributed by atoms with Gasteiger partial charge in [-0.1, -0.05) is 0 Å². The van der Waals surface area contributed by atoms with Crippen LogP contribution in [0.2, 0.25) is 0 Å². The van der Waals surface area contributed by atoms with E-state index in [0.29, 0.717) is 18.5 Å². The van der Waals surface area contributed by atoms with E-state index in [0.717, 1.165) is 43.2 Å². The number of hydrogen-bond acceptors (Lipinski definition) is 4. The number of nitrogens with one attached hydrogen (secondary N) is 1. The molecule has 1 amide bonds. The molecule has 1 atom stereocenters. The summed E-state index contributed by atoms with van der Waals surface area (Å²) in [4.78, 5) is 12.5. The summed E-state index contributed by atoms with van der Waals surface area (Å²) in [5.41, 5.74) is -0.685. The maximum atomic E-state index is 13.7. The number of fused-ring (bicyclic) bond motifs is 1. The lowest BCUT2D eigenvalue weighted by atomic mass is 10.0. The molecule has 12 heteroatoms. The number of rotatable bonds is 5. The van der Waals surface area contributed by atoms with Gasteiger partial charge in [-0.25, -0.2) is 4.68 Å². The number of nitrogens with zero attached hydrogens (tertiary/aromatic N) is 2. The van der Waals surface area contributed by atoms with Crippen molar-refractivity contribution >= 4 is 16.8 Å². The van der Waals surface area contributed by atoms with E-state index in [9.17, 15) is 31.1 Å². The largest absolute Gasteiger partial charge is 0.573 e. The van der Waals surface area contributed by atoms with Crippen LogP contribution in [0.3, 0.4) is 0 Å². The van der Waals surface area contributed by atoms with Gasteiger partial charge in [0.2, 0.25) is 0 Å². The van der Waals surface area contributed by atoms with Gasteiger partial charge in [-0.05, 0) is 61.2 Å². The summed E-state index contributed by atoms with van der Waals surface area (Å²) in [6.07, 6.45) is -6.15. The smallest absolute Gasteiger partial charge is 0.406 e. The number of carbonyl (C=O) groups is 1. The zero-order chi connectivity index (χ0) is 24.5. The standard InChI is InChI=1S/C22H19F6N3O3/c23-21(24,25)17-8-9-18-16(12-30-31(18)19-3-1-2-10-33-19)15(17)11-29-20(32)13-4-6-14(7-5-13)34-22(26,27)28/h4-9,12,19H,1-3,10-11H2,(H,29,32). The second kappa shape index (κ2) is 9.16. The van der Waals surface area contributed by atoms with Crippen LogP contribution < -0.4 is 10.1 Å². The van der Waals surface area contributed by atoms with E-state index in [4.69, 9.17) is 4.74 Å². The van der Waals surface area contributed by atoms with Gasteiger partial charge in [0.05, 0.1) is 17.3 Å². The molecule has 0 aliphatic carbocycles. The summed E-state index contributed by atoms with van der Waals surface area (Å²) in [7, 11) is 0. The normalized spacial score (nSPS) is 17.1. The summed E-state index contributed by atoms with van der Waals surface area (Å²) in [5.74, 6) is -1.28. The number of aromatic nitrogens is 2. The molecule has 182 valence electrons. The summed E-state index contributed by atoms with van der Waals surface area (Å²) in [6.45, 7) is 0.0609. The molecule has 2 aromatic carbocycles. The van der Waals surface area contributed by atoms with Crippen molar-refractivity contribution in [1.82, 2.24) is 15.1 Å². The Morgan fingerprint density at radius 1 is 1.09 bits per heavy atom. The minimum absolute atomic E-state index is 0.0402. The summed E-state index contributed by atoms with van der Waals surface area (Å²) in [6, 6.07) is 6.32. The molecule has 6 nitrogen and oxygen atoms in total.